The Morgan fingerprint density at radius 2 is 1.93 bits per heavy atom. The summed E-state index contributed by atoms with van der Waals surface area (Å²) in [5.74, 6) is 0.473. The first-order valence-electron chi connectivity index (χ1n) is 10.3. The van der Waals surface area contributed by atoms with E-state index in [4.69, 9.17) is 11.6 Å². The van der Waals surface area contributed by atoms with Crippen LogP contribution in [0.5, 0.6) is 0 Å². The number of anilines is 1. The Morgan fingerprint density at radius 3 is 2.62 bits per heavy atom. The second-order valence-electron chi connectivity index (χ2n) is 7.52. The second-order valence-corrected chi connectivity index (χ2v) is 9.89. The minimum Gasteiger partial charge on any atom is -0.369 e. The Kier molecular flexibility index (Phi) is 7.86. The van der Waals surface area contributed by atoms with Crippen LogP contribution in [0.25, 0.3) is 0 Å². The molecule has 1 aromatic heterocycles. The van der Waals surface area contributed by atoms with Crippen LogP contribution in [0.1, 0.15) is 44.6 Å². The van der Waals surface area contributed by atoms with Crippen LogP contribution < -0.4 is 5.32 Å². The van der Waals surface area contributed by atoms with E-state index in [1.165, 1.54) is 38.3 Å². The van der Waals surface area contributed by atoms with Gasteiger partial charge in [-0.2, -0.15) is 0 Å². The highest BCUT2D eigenvalue weighted by Crippen LogP contribution is 2.20. The number of halogens is 1. The lowest BCUT2D eigenvalue weighted by Crippen LogP contribution is -2.40. The lowest BCUT2D eigenvalue weighted by Gasteiger charge is -2.35. The van der Waals surface area contributed by atoms with Gasteiger partial charge >= 0.3 is 0 Å². The average Bonchev–Trinajstić information content (AvgIpc) is 2.73. The van der Waals surface area contributed by atoms with Crippen molar-refractivity contribution in [1.29, 1.82) is 0 Å². The van der Waals surface area contributed by atoms with Gasteiger partial charge in [-0.1, -0.05) is 37.1 Å². The topological polar surface area (TPSA) is 75.2 Å². The molecule has 0 saturated carbocycles. The van der Waals surface area contributed by atoms with Gasteiger partial charge in [-0.05, 0) is 62.1 Å². The highest BCUT2D eigenvalue weighted by atomic mass is 35.5. The van der Waals surface area contributed by atoms with Gasteiger partial charge in [0.1, 0.15) is 5.82 Å². The smallest absolute Gasteiger partial charge is 0.201 e. The molecule has 0 spiro atoms. The molecule has 0 bridgehead atoms. The van der Waals surface area contributed by atoms with Gasteiger partial charge in [0.25, 0.3) is 0 Å². The van der Waals surface area contributed by atoms with E-state index in [0.717, 1.165) is 19.5 Å². The summed E-state index contributed by atoms with van der Waals surface area (Å²) in [6, 6.07) is 10.7. The van der Waals surface area contributed by atoms with Gasteiger partial charge in [0.15, 0.2) is 5.03 Å². The summed E-state index contributed by atoms with van der Waals surface area (Å²) in [6.45, 7) is 5.32. The first-order valence-corrected chi connectivity index (χ1v) is 12.3. The molecule has 1 aliphatic rings. The van der Waals surface area contributed by atoms with Crippen molar-refractivity contribution in [3.63, 3.8) is 0 Å². The van der Waals surface area contributed by atoms with Gasteiger partial charge in [-0.25, -0.2) is 8.42 Å². The number of hydrogen-bond donors (Lipinski definition) is 1. The quantitative estimate of drug-likeness (QED) is 0.594. The first kappa shape index (κ1) is 22.0. The van der Waals surface area contributed by atoms with Gasteiger partial charge in [-0.3, -0.25) is 0 Å². The summed E-state index contributed by atoms with van der Waals surface area (Å²) in [7, 11) is -3.54. The van der Waals surface area contributed by atoms with Crippen molar-refractivity contribution < 1.29 is 8.42 Å². The lowest BCUT2D eigenvalue weighted by molar-refractivity contribution is 0.144. The van der Waals surface area contributed by atoms with Crippen molar-refractivity contribution in [3.05, 3.63) is 47.0 Å². The fourth-order valence-corrected chi connectivity index (χ4v) is 5.12. The van der Waals surface area contributed by atoms with E-state index in [1.807, 2.05) is 0 Å². The van der Waals surface area contributed by atoms with E-state index in [0.29, 0.717) is 22.4 Å². The Labute approximate surface area is 178 Å². The van der Waals surface area contributed by atoms with E-state index in [1.54, 1.807) is 30.3 Å². The highest BCUT2D eigenvalue weighted by Gasteiger charge is 2.20. The molecule has 158 valence electrons. The zero-order chi connectivity index (χ0) is 20.7. The summed E-state index contributed by atoms with van der Waals surface area (Å²) in [5.41, 5.74) is 0.668. The van der Waals surface area contributed by atoms with E-state index in [2.05, 4.69) is 27.3 Å². The minimum absolute atomic E-state index is 0.0166. The van der Waals surface area contributed by atoms with Crippen molar-refractivity contribution in [2.45, 2.75) is 55.8 Å². The first-order chi connectivity index (χ1) is 14.0. The monoisotopic (exact) mass is 436 g/mol. The fraction of sp³-hybridized carbons (Fsp3) is 0.524. The Bertz CT molecular complexity index is 873. The van der Waals surface area contributed by atoms with Crippen LogP contribution in [0, 0.1) is 0 Å². The molecule has 0 amide bonds. The number of likely N-dealkylation sites (tertiary alicyclic amines) is 1. The van der Waals surface area contributed by atoms with Crippen LogP contribution >= 0.6 is 11.6 Å². The predicted molar refractivity (Wildman–Crippen MR) is 117 cm³/mol. The highest BCUT2D eigenvalue weighted by molar-refractivity contribution is 7.90. The summed E-state index contributed by atoms with van der Waals surface area (Å²) >= 11 is 5.85. The number of benzene rings is 1. The molecular weight excluding hydrogens is 408 g/mol. The number of nitrogens with zero attached hydrogens (tertiary/aromatic N) is 3. The van der Waals surface area contributed by atoms with Gasteiger partial charge < -0.3 is 10.2 Å². The molecule has 1 N–H and O–H groups in total. The maximum atomic E-state index is 12.5. The third-order valence-electron chi connectivity index (χ3n) is 5.38. The molecule has 0 radical (unpaired) electrons. The summed E-state index contributed by atoms with van der Waals surface area (Å²) < 4.78 is 25.1. The Balaban J connectivity index is 1.48. The molecular formula is C21H29ClN4O2S. The van der Waals surface area contributed by atoms with Gasteiger partial charge in [-0.15, -0.1) is 10.2 Å². The molecule has 1 atom stereocenters. The Morgan fingerprint density at radius 1 is 1.14 bits per heavy atom. The maximum absolute atomic E-state index is 12.5. The number of aromatic nitrogens is 2. The van der Waals surface area contributed by atoms with Gasteiger partial charge in [0.05, 0.1) is 5.75 Å². The summed E-state index contributed by atoms with van der Waals surface area (Å²) in [6.07, 6.45) is 6.18. The minimum atomic E-state index is -3.54. The molecule has 6 nitrogen and oxygen atoms in total. The van der Waals surface area contributed by atoms with E-state index >= 15 is 0 Å². The van der Waals surface area contributed by atoms with E-state index in [9.17, 15) is 8.42 Å². The number of sulfone groups is 1. The molecule has 3 rings (SSSR count). The third-order valence-corrected chi connectivity index (χ3v) is 7.20. The molecule has 1 fully saturated rings. The molecule has 1 aliphatic heterocycles. The predicted octanol–water partition coefficient (Wildman–Crippen LogP) is 4.17. The van der Waals surface area contributed by atoms with Crippen molar-refractivity contribution >= 4 is 27.3 Å². The SMILES string of the molecule is CC[C@@H]1CCCCN1CCCNc1ccc(S(=O)(=O)Cc2ccc(Cl)cc2)nn1. The van der Waals surface area contributed by atoms with Gasteiger partial charge in [0, 0.05) is 24.2 Å². The number of nitrogens with one attached hydrogen (secondary N) is 1. The van der Waals surface area contributed by atoms with Crippen LogP contribution in [0.4, 0.5) is 5.82 Å². The molecule has 0 aliphatic carbocycles. The largest absolute Gasteiger partial charge is 0.369 e. The molecule has 2 aromatic rings. The van der Waals surface area contributed by atoms with Gasteiger partial charge in [0.2, 0.25) is 9.84 Å². The standard InChI is InChI=1S/C21H29ClN4O2S/c1-2-19-6-3-4-14-26(19)15-5-13-23-20-11-12-21(25-24-20)29(27,28)16-17-7-9-18(22)10-8-17/h7-12,19H,2-6,13-16H2,1H3,(H,23,24)/t19-/m1/s1. The number of rotatable bonds is 9. The van der Waals surface area contributed by atoms with Crippen molar-refractivity contribution in [3.8, 4) is 0 Å². The second kappa shape index (κ2) is 10.4. The maximum Gasteiger partial charge on any atom is 0.201 e. The molecule has 1 saturated heterocycles. The Hall–Kier alpha value is -1.70. The molecule has 2 heterocycles. The van der Waals surface area contributed by atoms with E-state index in [-0.39, 0.29) is 10.8 Å². The zero-order valence-corrected chi connectivity index (χ0v) is 18.4. The normalized spacial score (nSPS) is 17.9. The van der Waals surface area contributed by atoms with Crippen LogP contribution in [-0.4, -0.2) is 49.2 Å². The molecule has 29 heavy (non-hydrogen) atoms. The van der Waals surface area contributed by atoms with Crippen molar-refractivity contribution in [2.24, 2.45) is 0 Å². The van der Waals surface area contributed by atoms with Crippen molar-refractivity contribution in [2.75, 3.05) is 25.0 Å². The summed E-state index contributed by atoms with van der Waals surface area (Å²) in [4.78, 5) is 2.59. The molecule has 1 aromatic carbocycles. The van der Waals surface area contributed by atoms with Crippen LogP contribution in [0.15, 0.2) is 41.4 Å². The lowest BCUT2D eigenvalue weighted by atomic mass is 10.00. The third kappa shape index (κ3) is 6.39. The average molecular weight is 437 g/mol. The van der Waals surface area contributed by atoms with Crippen molar-refractivity contribution in [1.82, 2.24) is 15.1 Å². The summed E-state index contributed by atoms with van der Waals surface area (Å²) in [5, 5.41) is 11.8. The van der Waals surface area contributed by atoms with Crippen LogP contribution in [0.2, 0.25) is 5.02 Å². The van der Waals surface area contributed by atoms with E-state index < -0.39 is 9.84 Å². The van der Waals surface area contributed by atoms with Crippen LogP contribution in [0.3, 0.4) is 0 Å². The fourth-order valence-electron chi connectivity index (χ4n) is 3.77. The molecule has 0 unspecified atom stereocenters. The van der Waals surface area contributed by atoms with Crippen LogP contribution in [-0.2, 0) is 15.6 Å². The number of hydrogen-bond acceptors (Lipinski definition) is 6. The number of piperidine rings is 1. The zero-order valence-electron chi connectivity index (χ0n) is 16.8. The molecule has 8 heteroatoms.